The first-order chi connectivity index (χ1) is 16.3. The lowest BCUT2D eigenvalue weighted by Crippen LogP contribution is -2.38. The second-order valence-electron chi connectivity index (χ2n) is 8.29. The maximum Gasteiger partial charge on any atom is 0.269 e. The molecule has 11 heteroatoms. The van der Waals surface area contributed by atoms with Gasteiger partial charge in [-0.05, 0) is 51.0 Å². The quantitative estimate of drug-likeness (QED) is 0.364. The molecule has 0 spiro atoms. The van der Waals surface area contributed by atoms with E-state index in [1.165, 1.54) is 6.07 Å². The number of para-hydroxylation sites is 1. The lowest BCUT2D eigenvalue weighted by molar-refractivity contribution is 0.0674. The highest BCUT2D eigenvalue weighted by atomic mass is 32.2. The number of aliphatic hydroxyl groups is 1. The van der Waals surface area contributed by atoms with Crippen LogP contribution in [0.1, 0.15) is 47.7 Å². The monoisotopic (exact) mass is 485 g/mol. The van der Waals surface area contributed by atoms with Crippen molar-refractivity contribution in [2.24, 2.45) is 8.80 Å². The molecule has 0 bridgehead atoms. The zero-order chi connectivity index (χ0) is 24.4. The molecule has 0 saturated carbocycles. The highest BCUT2D eigenvalue weighted by Gasteiger charge is 2.31. The second kappa shape index (κ2) is 9.82. The van der Waals surface area contributed by atoms with Crippen LogP contribution in [0.25, 0.3) is 0 Å². The van der Waals surface area contributed by atoms with Crippen molar-refractivity contribution < 1.29 is 23.6 Å². The summed E-state index contributed by atoms with van der Waals surface area (Å²) in [4.78, 5) is 14.6. The highest BCUT2D eigenvalue weighted by molar-refractivity contribution is 7.83. The summed E-state index contributed by atoms with van der Waals surface area (Å²) in [5, 5.41) is 26.5. The summed E-state index contributed by atoms with van der Waals surface area (Å²) in [5.74, 6) is 1.06. The van der Waals surface area contributed by atoms with E-state index in [-0.39, 0.29) is 47.2 Å². The Labute approximate surface area is 199 Å². The summed E-state index contributed by atoms with van der Waals surface area (Å²) in [5.41, 5.74) is 1.05. The molecular formula is C23H27N5O5S. The number of anilines is 1. The number of aryl methyl sites for hydroxylation is 1. The molecule has 4 N–H and O–H groups in total. The smallest absolute Gasteiger partial charge is 0.269 e. The summed E-state index contributed by atoms with van der Waals surface area (Å²) in [6, 6.07) is 7.66. The van der Waals surface area contributed by atoms with Crippen LogP contribution in [0, 0.1) is 6.92 Å². The molecular weight excluding hydrogens is 458 g/mol. The summed E-state index contributed by atoms with van der Waals surface area (Å²) >= 11 is -1.86. The van der Waals surface area contributed by atoms with E-state index in [0.717, 1.165) is 17.8 Å². The van der Waals surface area contributed by atoms with Gasteiger partial charge in [0.05, 0.1) is 23.9 Å². The van der Waals surface area contributed by atoms with Crippen molar-refractivity contribution in [1.82, 2.24) is 10.2 Å². The zero-order valence-electron chi connectivity index (χ0n) is 18.9. The minimum Gasteiger partial charge on any atom is -0.505 e. The van der Waals surface area contributed by atoms with Gasteiger partial charge in [-0.3, -0.25) is 4.79 Å². The van der Waals surface area contributed by atoms with Gasteiger partial charge in [0.15, 0.2) is 17.4 Å². The molecule has 34 heavy (non-hydrogen) atoms. The average molecular weight is 486 g/mol. The number of amides is 1. The van der Waals surface area contributed by atoms with Gasteiger partial charge in [0.2, 0.25) is 0 Å². The lowest BCUT2D eigenvalue weighted by atomic mass is 10.1. The highest BCUT2D eigenvalue weighted by Crippen LogP contribution is 2.31. The van der Waals surface area contributed by atoms with Crippen LogP contribution in [-0.4, -0.2) is 56.1 Å². The summed E-state index contributed by atoms with van der Waals surface area (Å²) in [7, 11) is 0. The fraction of sp³-hybridized carbons (Fsp3) is 0.348. The number of nitrogens with zero attached hydrogens (tertiary/aromatic N) is 3. The number of furan rings is 1. The van der Waals surface area contributed by atoms with Crippen LogP contribution < -0.4 is 10.6 Å². The van der Waals surface area contributed by atoms with Gasteiger partial charge in [-0.15, -0.1) is 8.80 Å². The third kappa shape index (κ3) is 4.75. The Hall–Kier alpha value is -3.44. The number of nitrogens with one attached hydrogen (secondary N) is 2. The number of likely N-dealkylation sites (tertiary alicyclic amines) is 1. The minimum atomic E-state index is -1.86. The van der Waals surface area contributed by atoms with Gasteiger partial charge >= 0.3 is 0 Å². The van der Waals surface area contributed by atoms with E-state index < -0.39 is 17.2 Å². The summed E-state index contributed by atoms with van der Waals surface area (Å²) < 4.78 is 25.9. The van der Waals surface area contributed by atoms with Crippen LogP contribution in [0.2, 0.25) is 0 Å². The number of aliphatic hydroxyl groups excluding tert-OH is 1. The molecule has 0 aliphatic carbocycles. The molecule has 3 heterocycles. The second-order valence-corrected chi connectivity index (χ2v) is 9.11. The molecule has 1 aromatic heterocycles. The number of aromatic hydroxyl groups is 1. The zero-order valence-corrected chi connectivity index (χ0v) is 19.8. The molecule has 10 nitrogen and oxygen atoms in total. The number of hydrogen-bond acceptors (Lipinski definition) is 7. The molecule has 4 rings (SSSR count). The molecule has 3 unspecified atom stereocenters. The maximum atomic E-state index is 13.0. The fourth-order valence-corrected chi connectivity index (χ4v) is 4.64. The van der Waals surface area contributed by atoms with Gasteiger partial charge in [0.25, 0.3) is 17.1 Å². The van der Waals surface area contributed by atoms with E-state index in [1.807, 2.05) is 26.0 Å². The van der Waals surface area contributed by atoms with Gasteiger partial charge in [-0.2, -0.15) is 0 Å². The van der Waals surface area contributed by atoms with Crippen molar-refractivity contribution >= 4 is 34.4 Å². The lowest BCUT2D eigenvalue weighted by Gasteiger charge is -2.24. The molecule has 2 aromatic rings. The predicted octanol–water partition coefficient (Wildman–Crippen LogP) is 2.60. The van der Waals surface area contributed by atoms with E-state index in [2.05, 4.69) is 26.0 Å². The van der Waals surface area contributed by atoms with Gasteiger partial charge in [-0.1, -0.05) is 18.2 Å². The number of rotatable bonds is 6. The van der Waals surface area contributed by atoms with Crippen molar-refractivity contribution in [3.05, 3.63) is 59.6 Å². The fourth-order valence-electron chi connectivity index (χ4n) is 4.01. The molecule has 1 saturated heterocycles. The molecule has 1 fully saturated rings. The number of benzene rings is 1. The van der Waals surface area contributed by atoms with Crippen molar-refractivity contribution in [2.75, 3.05) is 18.5 Å². The van der Waals surface area contributed by atoms with Crippen LogP contribution in [0.15, 0.2) is 55.7 Å². The molecule has 0 radical (unpaired) electrons. The normalized spacial score (nSPS) is 20.6. The Morgan fingerprint density at radius 3 is 2.76 bits per heavy atom. The number of hydrogen-bond donors (Lipinski definition) is 4. The van der Waals surface area contributed by atoms with Crippen molar-refractivity contribution in [1.29, 1.82) is 0 Å². The first-order valence-electron chi connectivity index (χ1n) is 10.9. The average Bonchev–Trinajstić information content (AvgIpc) is 3.52. The third-order valence-electron chi connectivity index (χ3n) is 5.75. The van der Waals surface area contributed by atoms with Crippen molar-refractivity contribution in [3.8, 4) is 5.75 Å². The van der Waals surface area contributed by atoms with Gasteiger partial charge < -0.3 is 30.2 Å². The van der Waals surface area contributed by atoms with Crippen LogP contribution in [0.4, 0.5) is 5.69 Å². The first kappa shape index (κ1) is 23.7. The molecule has 1 aromatic carbocycles. The number of carbonyl (C=O) groups is 1. The molecule has 180 valence electrons. The Bertz CT molecular complexity index is 1200. The standard InChI is InChI=1S/C23H27N5O5S/c1-13(2)19(18-10-9-14(3)33-18)25-22-21(26-34(32)27-22)24-17-8-4-7-16(20(17)30)23(31)28-11-5-6-15(28)12-29/h4,7-10,15,19,29-30H,1,5-6,11-12H2,2-3H3,(H,24,26)(H,25,27). The van der Waals surface area contributed by atoms with E-state index in [4.69, 9.17) is 4.42 Å². The van der Waals surface area contributed by atoms with Gasteiger partial charge in [0, 0.05) is 6.54 Å². The molecule has 3 atom stereocenters. The summed E-state index contributed by atoms with van der Waals surface area (Å²) in [6.45, 7) is 8.04. The van der Waals surface area contributed by atoms with E-state index in [0.29, 0.717) is 18.7 Å². The topological polar surface area (TPSA) is 140 Å². The Balaban J connectivity index is 1.56. The van der Waals surface area contributed by atoms with Crippen LogP contribution in [0.3, 0.4) is 0 Å². The molecule has 2 aliphatic heterocycles. The Morgan fingerprint density at radius 1 is 1.32 bits per heavy atom. The van der Waals surface area contributed by atoms with E-state index in [1.54, 1.807) is 17.0 Å². The van der Waals surface area contributed by atoms with Crippen LogP contribution in [0.5, 0.6) is 5.75 Å². The minimum absolute atomic E-state index is 0.0994. The third-order valence-corrected chi connectivity index (χ3v) is 6.43. The predicted molar refractivity (Wildman–Crippen MR) is 130 cm³/mol. The van der Waals surface area contributed by atoms with E-state index in [9.17, 15) is 19.2 Å². The SMILES string of the molecule is C=C(C)C(NC1=NS(=O)N=C1Nc1cccc(C(=O)N2CCCC2CO)c1O)c1ccc(C)o1. The number of phenolic OH excluding ortho intramolecular Hbond substituents is 1. The Morgan fingerprint density at radius 2 is 2.09 bits per heavy atom. The van der Waals surface area contributed by atoms with Crippen LogP contribution >= 0.6 is 0 Å². The van der Waals surface area contributed by atoms with Crippen LogP contribution in [-0.2, 0) is 11.2 Å². The van der Waals surface area contributed by atoms with Gasteiger partial charge in [-0.25, -0.2) is 4.21 Å². The maximum absolute atomic E-state index is 13.0. The first-order valence-corrected chi connectivity index (χ1v) is 11.9. The number of amidine groups is 2. The van der Waals surface area contributed by atoms with Gasteiger partial charge in [0.1, 0.15) is 17.6 Å². The number of carbonyl (C=O) groups excluding carboxylic acids is 1. The van der Waals surface area contributed by atoms with E-state index >= 15 is 0 Å². The largest absolute Gasteiger partial charge is 0.505 e. The molecule has 2 aliphatic rings. The van der Waals surface area contributed by atoms with Crippen molar-refractivity contribution in [2.45, 2.75) is 38.8 Å². The molecule has 1 amide bonds. The Kier molecular flexibility index (Phi) is 6.85. The number of phenols is 1. The summed E-state index contributed by atoms with van der Waals surface area (Å²) in [6.07, 6.45) is 1.51. The van der Waals surface area contributed by atoms with Crippen molar-refractivity contribution in [3.63, 3.8) is 0 Å².